The Labute approximate surface area is 138 Å². The van der Waals surface area contributed by atoms with Gasteiger partial charge in [-0.05, 0) is 25.5 Å². The van der Waals surface area contributed by atoms with Crippen LogP contribution in [0.1, 0.15) is 26.5 Å². The van der Waals surface area contributed by atoms with Crippen molar-refractivity contribution in [3.63, 3.8) is 0 Å². The fraction of sp³-hybridized carbons (Fsp3) is 0.545. The smallest absolute Gasteiger partial charge is 1.00 e. The molecular formula is C11H19LiNO6PS. The molecule has 0 aliphatic carbocycles. The minimum absolute atomic E-state index is 0. The summed E-state index contributed by atoms with van der Waals surface area (Å²) in [6.07, 6.45) is 2.88. The fourth-order valence-corrected chi connectivity index (χ4v) is 5.28. The minimum atomic E-state index is -4.35. The summed E-state index contributed by atoms with van der Waals surface area (Å²) >= 11 is 0. The van der Waals surface area contributed by atoms with Crippen LogP contribution in [0.4, 0.5) is 0 Å². The van der Waals surface area contributed by atoms with Crippen LogP contribution in [0.2, 0.25) is 0 Å². The molecule has 0 fully saturated rings. The van der Waals surface area contributed by atoms with E-state index in [-0.39, 0.29) is 33.5 Å². The third-order valence-corrected chi connectivity index (χ3v) is 5.92. The van der Waals surface area contributed by atoms with Gasteiger partial charge in [-0.15, -0.1) is 0 Å². The second kappa shape index (κ2) is 9.06. The number of pyridine rings is 1. The third-order valence-electron chi connectivity index (χ3n) is 2.44. The van der Waals surface area contributed by atoms with Gasteiger partial charge in [-0.3, -0.25) is 14.1 Å². The van der Waals surface area contributed by atoms with Gasteiger partial charge in [0, 0.05) is 12.4 Å². The normalized spacial score (nSPS) is 13.5. The van der Waals surface area contributed by atoms with E-state index in [0.29, 0.717) is 5.56 Å². The zero-order chi connectivity index (χ0) is 15.2. The van der Waals surface area contributed by atoms with Gasteiger partial charge in [-0.25, -0.2) is 0 Å². The Morgan fingerprint density at radius 3 is 2.33 bits per heavy atom. The zero-order valence-electron chi connectivity index (χ0n) is 13.3. The molecule has 1 aromatic heterocycles. The molecule has 0 aliphatic heterocycles. The topological polar surface area (TPSA) is 103 Å². The number of nitrogens with zero attached hydrogens (tertiary/aromatic N) is 1. The third kappa shape index (κ3) is 6.62. The Bertz CT molecular complexity index is 563. The fourth-order valence-electron chi connectivity index (χ4n) is 1.72. The number of hydrogen-bond donors (Lipinski definition) is 1. The van der Waals surface area contributed by atoms with Crippen LogP contribution in [0.3, 0.4) is 0 Å². The molecule has 10 heteroatoms. The summed E-state index contributed by atoms with van der Waals surface area (Å²) in [6.45, 7) is 3.44. The van der Waals surface area contributed by atoms with E-state index >= 15 is 0 Å². The molecule has 0 aromatic carbocycles. The molecule has 0 amide bonds. The summed E-state index contributed by atoms with van der Waals surface area (Å²) in [5.41, 5.74) is -0.749. The van der Waals surface area contributed by atoms with Crippen molar-refractivity contribution in [2.24, 2.45) is 0 Å². The van der Waals surface area contributed by atoms with Crippen LogP contribution in [0.25, 0.3) is 0 Å². The molecule has 0 radical (unpaired) electrons. The molecule has 21 heavy (non-hydrogen) atoms. The molecule has 7 nitrogen and oxygen atoms in total. The van der Waals surface area contributed by atoms with E-state index in [0.717, 1.165) is 0 Å². The first-order chi connectivity index (χ1) is 9.32. The molecule has 0 spiro atoms. The molecule has 116 valence electrons. The first kappa shape index (κ1) is 20.8. The first-order valence-corrected chi connectivity index (χ1v) is 9.28. The predicted molar refractivity (Wildman–Crippen MR) is 75.4 cm³/mol. The van der Waals surface area contributed by atoms with Gasteiger partial charge in [0.2, 0.25) is 0 Å². The van der Waals surface area contributed by atoms with Crippen molar-refractivity contribution in [2.75, 3.05) is 19.0 Å². The van der Waals surface area contributed by atoms with Crippen molar-refractivity contribution in [1.82, 2.24) is 4.98 Å². The Morgan fingerprint density at radius 1 is 1.38 bits per heavy atom. The zero-order valence-corrected chi connectivity index (χ0v) is 14.0. The standard InChI is InChI=1S/C11H18NO6PS.Li.H/c1-3-17-19(13,18-4-2)11(9-20(14,15)16)10-6-5-7-12-8-10;;/h5-8,11H,3-4,9H2,1-2H3,(H,14,15,16);;/q;+1;-1. The largest absolute Gasteiger partial charge is 1.00 e. The first-order valence-electron chi connectivity index (χ1n) is 6.06. The van der Waals surface area contributed by atoms with Crippen LogP contribution in [0.5, 0.6) is 0 Å². The average molecular weight is 331 g/mol. The summed E-state index contributed by atoms with van der Waals surface area (Å²) in [4.78, 5) is 3.86. The molecule has 1 unspecified atom stereocenters. The van der Waals surface area contributed by atoms with Gasteiger partial charge in [-0.1, -0.05) is 6.07 Å². The van der Waals surface area contributed by atoms with E-state index < -0.39 is 29.1 Å². The molecule has 1 atom stereocenters. The number of hydrogen-bond acceptors (Lipinski definition) is 6. The molecule has 1 aromatic rings. The maximum absolute atomic E-state index is 12.7. The second-order valence-corrected chi connectivity index (χ2v) is 7.64. The summed E-state index contributed by atoms with van der Waals surface area (Å²) in [5, 5.41) is 0. The summed E-state index contributed by atoms with van der Waals surface area (Å²) < 4.78 is 54.5. The van der Waals surface area contributed by atoms with Crippen molar-refractivity contribution in [3.05, 3.63) is 30.1 Å². The molecule has 1 rings (SSSR count). The van der Waals surface area contributed by atoms with E-state index in [9.17, 15) is 13.0 Å². The van der Waals surface area contributed by atoms with E-state index in [1.54, 1.807) is 26.0 Å². The maximum Gasteiger partial charge on any atom is 1.00 e. The molecule has 1 N–H and O–H groups in total. The molecule has 0 bridgehead atoms. The quantitative estimate of drug-likeness (QED) is 0.385. The molecule has 1 heterocycles. The Balaban J connectivity index is 0. The molecular weight excluding hydrogens is 312 g/mol. The van der Waals surface area contributed by atoms with Crippen LogP contribution in [0, 0.1) is 0 Å². The predicted octanol–water partition coefficient (Wildman–Crippen LogP) is -0.607. The average Bonchev–Trinajstić information content (AvgIpc) is 2.36. The number of aromatic nitrogens is 1. The SMILES string of the molecule is CCOP(=O)(OCC)C(CS(=O)(=O)O)c1cccnc1.[H-].[Li+]. The van der Waals surface area contributed by atoms with Crippen molar-refractivity contribution in [2.45, 2.75) is 19.5 Å². The van der Waals surface area contributed by atoms with Gasteiger partial charge in [0.15, 0.2) is 0 Å². The summed E-state index contributed by atoms with van der Waals surface area (Å²) in [6, 6.07) is 3.14. The Morgan fingerprint density at radius 2 is 1.95 bits per heavy atom. The minimum Gasteiger partial charge on any atom is -1.00 e. The van der Waals surface area contributed by atoms with Crippen LogP contribution in [-0.2, 0) is 23.7 Å². The Kier molecular flexibility index (Phi) is 8.98. The van der Waals surface area contributed by atoms with E-state index in [1.807, 2.05) is 0 Å². The van der Waals surface area contributed by atoms with E-state index in [4.69, 9.17) is 13.6 Å². The molecule has 0 saturated heterocycles. The van der Waals surface area contributed by atoms with E-state index in [2.05, 4.69) is 4.98 Å². The van der Waals surface area contributed by atoms with Crippen LogP contribution in [-0.4, -0.2) is 36.9 Å². The van der Waals surface area contributed by atoms with Crippen LogP contribution < -0.4 is 18.9 Å². The van der Waals surface area contributed by atoms with E-state index in [1.165, 1.54) is 12.4 Å². The van der Waals surface area contributed by atoms with Gasteiger partial charge in [0.1, 0.15) is 5.66 Å². The monoisotopic (exact) mass is 331 g/mol. The Hall–Kier alpha value is -0.193. The van der Waals surface area contributed by atoms with Gasteiger partial charge < -0.3 is 10.5 Å². The van der Waals surface area contributed by atoms with Crippen LogP contribution in [0.15, 0.2) is 24.5 Å². The van der Waals surface area contributed by atoms with Crippen molar-refractivity contribution in [1.29, 1.82) is 0 Å². The van der Waals surface area contributed by atoms with Crippen molar-refractivity contribution in [3.8, 4) is 0 Å². The second-order valence-electron chi connectivity index (χ2n) is 3.93. The van der Waals surface area contributed by atoms with Gasteiger partial charge >= 0.3 is 26.5 Å². The van der Waals surface area contributed by atoms with Crippen molar-refractivity contribution >= 4 is 17.7 Å². The number of rotatable bonds is 8. The van der Waals surface area contributed by atoms with Crippen LogP contribution >= 0.6 is 7.60 Å². The summed E-state index contributed by atoms with van der Waals surface area (Å²) in [7, 11) is -8.08. The van der Waals surface area contributed by atoms with Gasteiger partial charge in [0.05, 0.1) is 19.0 Å². The molecule has 0 saturated carbocycles. The molecule has 0 aliphatic rings. The maximum atomic E-state index is 12.7. The van der Waals surface area contributed by atoms with Crippen molar-refractivity contribution < 1.29 is 46.9 Å². The van der Waals surface area contributed by atoms with Gasteiger partial charge in [-0.2, -0.15) is 8.42 Å². The van der Waals surface area contributed by atoms with Gasteiger partial charge in [0.25, 0.3) is 10.1 Å². The summed E-state index contributed by atoms with van der Waals surface area (Å²) in [5.74, 6) is -0.754.